The molecule has 0 radical (unpaired) electrons. The Bertz CT molecular complexity index is 1150. The Labute approximate surface area is 184 Å². The molecule has 2 aromatic heterocycles. The lowest BCUT2D eigenvalue weighted by atomic mass is 10.2. The summed E-state index contributed by atoms with van der Waals surface area (Å²) in [6, 6.07) is 8.87. The minimum atomic E-state index is -0.584. The van der Waals surface area contributed by atoms with Gasteiger partial charge in [0.05, 0.1) is 0 Å². The number of nitrogens with one attached hydrogen (secondary N) is 2. The maximum atomic E-state index is 12.0. The van der Waals surface area contributed by atoms with Crippen molar-refractivity contribution in [2.24, 2.45) is 5.92 Å². The van der Waals surface area contributed by atoms with Crippen LogP contribution in [0, 0.1) is 12.8 Å². The van der Waals surface area contributed by atoms with Gasteiger partial charge in [-0.25, -0.2) is 14.8 Å². The zero-order chi connectivity index (χ0) is 22.2. The molecule has 4 rings (SSSR count). The fourth-order valence-corrected chi connectivity index (χ4v) is 3.62. The van der Waals surface area contributed by atoms with Gasteiger partial charge < -0.3 is 14.8 Å². The van der Waals surface area contributed by atoms with E-state index in [9.17, 15) is 9.59 Å². The molecular weight excluding hydrogens is 416 g/mol. The lowest BCUT2D eigenvalue weighted by Crippen LogP contribution is -2.27. The van der Waals surface area contributed by atoms with Crippen molar-refractivity contribution in [3.8, 4) is 11.6 Å². The first-order chi connectivity index (χ1) is 14.7. The molecule has 0 saturated heterocycles. The molecule has 2 amide bonds. The summed E-state index contributed by atoms with van der Waals surface area (Å²) < 4.78 is 11.3. The first-order valence-electron chi connectivity index (χ1n) is 10.0. The molecular formula is C22H24N4O4S. The van der Waals surface area contributed by atoms with E-state index in [0.717, 1.165) is 18.4 Å². The van der Waals surface area contributed by atoms with Crippen LogP contribution in [0.4, 0.5) is 15.6 Å². The number of thiazole rings is 1. The van der Waals surface area contributed by atoms with E-state index in [2.05, 4.69) is 20.6 Å². The molecule has 8 nitrogen and oxygen atoms in total. The number of rotatable bonds is 5. The summed E-state index contributed by atoms with van der Waals surface area (Å²) in [4.78, 5) is 33.6. The second kappa shape index (κ2) is 8.14. The smallest absolute Gasteiger partial charge is 0.412 e. The van der Waals surface area contributed by atoms with Crippen LogP contribution >= 0.6 is 11.3 Å². The van der Waals surface area contributed by atoms with Gasteiger partial charge in [-0.1, -0.05) is 17.4 Å². The van der Waals surface area contributed by atoms with Crippen molar-refractivity contribution in [1.82, 2.24) is 9.97 Å². The predicted molar refractivity (Wildman–Crippen MR) is 120 cm³/mol. The highest BCUT2D eigenvalue weighted by molar-refractivity contribution is 7.21. The summed E-state index contributed by atoms with van der Waals surface area (Å²) >= 11 is 1.31. The topological polar surface area (TPSA) is 102 Å². The SMILES string of the molecule is Cc1ccc(NC(=O)OC(C)(C)C)cc1Oc1ccc2nc(NC(=O)C3CC3)sc2n1. The monoisotopic (exact) mass is 440 g/mol. The van der Waals surface area contributed by atoms with Crippen LogP contribution in [-0.4, -0.2) is 27.6 Å². The maximum Gasteiger partial charge on any atom is 0.412 e. The maximum absolute atomic E-state index is 12.0. The molecule has 0 atom stereocenters. The van der Waals surface area contributed by atoms with E-state index in [-0.39, 0.29) is 11.8 Å². The molecule has 2 N–H and O–H groups in total. The summed E-state index contributed by atoms with van der Waals surface area (Å²) in [7, 11) is 0. The second-order valence-electron chi connectivity index (χ2n) is 8.47. The summed E-state index contributed by atoms with van der Waals surface area (Å²) in [6.45, 7) is 7.32. The van der Waals surface area contributed by atoms with Crippen LogP contribution < -0.4 is 15.4 Å². The number of pyridine rings is 1. The van der Waals surface area contributed by atoms with Crippen LogP contribution in [0.5, 0.6) is 11.6 Å². The average molecular weight is 441 g/mol. The van der Waals surface area contributed by atoms with Gasteiger partial charge in [-0.2, -0.15) is 0 Å². The van der Waals surface area contributed by atoms with Gasteiger partial charge in [0.15, 0.2) is 5.13 Å². The Hall–Kier alpha value is -3.20. The van der Waals surface area contributed by atoms with Crippen LogP contribution in [0.3, 0.4) is 0 Å². The first kappa shape index (κ1) is 21.0. The van der Waals surface area contributed by atoms with Crippen molar-refractivity contribution in [3.05, 3.63) is 35.9 Å². The zero-order valence-electron chi connectivity index (χ0n) is 17.8. The summed E-state index contributed by atoms with van der Waals surface area (Å²) in [5.74, 6) is 1.09. The second-order valence-corrected chi connectivity index (χ2v) is 9.44. The van der Waals surface area contributed by atoms with Crippen molar-refractivity contribution in [1.29, 1.82) is 0 Å². The number of hydrogen-bond acceptors (Lipinski definition) is 7. The van der Waals surface area contributed by atoms with Gasteiger partial charge in [-0.15, -0.1) is 0 Å². The molecule has 162 valence electrons. The fraction of sp³-hybridized carbons (Fsp3) is 0.364. The predicted octanol–water partition coefficient (Wildman–Crippen LogP) is 5.49. The third-order valence-corrected chi connectivity index (χ3v) is 5.34. The normalized spacial score (nSPS) is 13.7. The Morgan fingerprint density at radius 1 is 1.10 bits per heavy atom. The van der Waals surface area contributed by atoms with E-state index >= 15 is 0 Å². The highest BCUT2D eigenvalue weighted by Gasteiger charge is 2.30. The van der Waals surface area contributed by atoms with E-state index in [0.29, 0.717) is 32.8 Å². The molecule has 1 aromatic carbocycles. The van der Waals surface area contributed by atoms with Crippen LogP contribution in [0.1, 0.15) is 39.2 Å². The molecule has 0 bridgehead atoms. The van der Waals surface area contributed by atoms with Crippen molar-refractivity contribution >= 4 is 44.5 Å². The molecule has 0 unspecified atom stereocenters. The van der Waals surface area contributed by atoms with Gasteiger partial charge in [0.1, 0.15) is 21.7 Å². The lowest BCUT2D eigenvalue weighted by molar-refractivity contribution is -0.117. The number of anilines is 2. The van der Waals surface area contributed by atoms with Crippen molar-refractivity contribution < 1.29 is 19.1 Å². The number of hydrogen-bond donors (Lipinski definition) is 2. The van der Waals surface area contributed by atoms with Gasteiger partial charge in [-0.3, -0.25) is 10.1 Å². The zero-order valence-corrected chi connectivity index (χ0v) is 18.6. The number of amides is 2. The van der Waals surface area contributed by atoms with Crippen LogP contribution in [-0.2, 0) is 9.53 Å². The lowest BCUT2D eigenvalue weighted by Gasteiger charge is -2.20. The van der Waals surface area contributed by atoms with E-state index in [4.69, 9.17) is 9.47 Å². The number of ether oxygens (including phenoxy) is 2. The van der Waals surface area contributed by atoms with Gasteiger partial charge in [0.25, 0.3) is 0 Å². The molecule has 1 saturated carbocycles. The van der Waals surface area contributed by atoms with Crippen molar-refractivity contribution in [2.75, 3.05) is 10.6 Å². The number of carbonyl (C=O) groups excluding carboxylic acids is 2. The van der Waals surface area contributed by atoms with E-state index in [1.807, 2.05) is 13.0 Å². The van der Waals surface area contributed by atoms with E-state index in [1.54, 1.807) is 45.0 Å². The molecule has 1 fully saturated rings. The Balaban J connectivity index is 1.48. The number of carbonyl (C=O) groups is 2. The molecule has 2 heterocycles. The standard InChI is InChI=1S/C22H24N4O4S/c1-12-5-8-14(23-21(28)30-22(2,3)4)11-16(12)29-17-10-9-15-19(25-17)31-20(24-15)26-18(27)13-6-7-13/h5,8-11,13H,6-7H2,1-4H3,(H,23,28)(H,24,26,27). The largest absolute Gasteiger partial charge is 0.444 e. The molecule has 9 heteroatoms. The Morgan fingerprint density at radius 2 is 1.87 bits per heavy atom. The highest BCUT2D eigenvalue weighted by Crippen LogP contribution is 2.33. The minimum absolute atomic E-state index is 0.0143. The molecule has 0 aliphatic heterocycles. The van der Waals surface area contributed by atoms with Crippen LogP contribution in [0.2, 0.25) is 0 Å². The van der Waals surface area contributed by atoms with Gasteiger partial charge >= 0.3 is 6.09 Å². The molecule has 1 aliphatic rings. The number of benzene rings is 1. The average Bonchev–Trinajstić information content (AvgIpc) is 3.44. The quantitative estimate of drug-likeness (QED) is 0.544. The molecule has 1 aliphatic carbocycles. The van der Waals surface area contributed by atoms with Crippen LogP contribution in [0.25, 0.3) is 10.3 Å². The number of fused-ring (bicyclic) bond motifs is 1. The summed E-state index contributed by atoms with van der Waals surface area (Å²) in [6.07, 6.45) is 1.34. The Kier molecular flexibility index (Phi) is 5.53. The molecule has 3 aromatic rings. The minimum Gasteiger partial charge on any atom is -0.444 e. The number of aromatic nitrogens is 2. The van der Waals surface area contributed by atoms with Gasteiger partial charge in [0, 0.05) is 23.7 Å². The molecule has 0 spiro atoms. The third kappa shape index (κ3) is 5.49. The number of aryl methyl sites for hydroxylation is 1. The van der Waals surface area contributed by atoms with Gasteiger partial charge in [0.2, 0.25) is 11.8 Å². The third-order valence-electron chi connectivity index (χ3n) is 4.46. The number of nitrogens with zero attached hydrogens (tertiary/aromatic N) is 2. The molecule has 31 heavy (non-hydrogen) atoms. The Morgan fingerprint density at radius 3 is 2.58 bits per heavy atom. The van der Waals surface area contributed by atoms with E-state index < -0.39 is 11.7 Å². The van der Waals surface area contributed by atoms with Crippen molar-refractivity contribution in [3.63, 3.8) is 0 Å². The highest BCUT2D eigenvalue weighted by atomic mass is 32.1. The van der Waals surface area contributed by atoms with Crippen molar-refractivity contribution in [2.45, 2.75) is 46.1 Å². The summed E-state index contributed by atoms with van der Waals surface area (Å²) in [5.41, 5.74) is 1.55. The first-order valence-corrected chi connectivity index (χ1v) is 10.8. The fourth-order valence-electron chi connectivity index (χ4n) is 2.79. The van der Waals surface area contributed by atoms with Crippen LogP contribution in [0.15, 0.2) is 30.3 Å². The summed E-state index contributed by atoms with van der Waals surface area (Å²) in [5, 5.41) is 6.09. The van der Waals surface area contributed by atoms with E-state index in [1.165, 1.54) is 11.3 Å². The van der Waals surface area contributed by atoms with Gasteiger partial charge in [-0.05, 0) is 58.2 Å².